The Morgan fingerprint density at radius 2 is 2.03 bits per heavy atom. The highest BCUT2D eigenvalue weighted by Gasteiger charge is 2.20. The number of thioether (sulfide) groups is 1. The van der Waals surface area contributed by atoms with Crippen LogP contribution in [0.4, 0.5) is 0 Å². The lowest BCUT2D eigenvalue weighted by molar-refractivity contribution is -0.118. The van der Waals surface area contributed by atoms with Gasteiger partial charge in [0.05, 0.1) is 23.4 Å². The van der Waals surface area contributed by atoms with E-state index in [4.69, 9.17) is 4.74 Å². The molecule has 0 fully saturated rings. The number of hydrogen-bond donors (Lipinski definition) is 1. The van der Waals surface area contributed by atoms with Gasteiger partial charge in [0.15, 0.2) is 11.0 Å². The molecule has 0 saturated heterocycles. The van der Waals surface area contributed by atoms with Gasteiger partial charge in [-0.25, -0.2) is 0 Å². The Morgan fingerprint density at radius 1 is 1.17 bits per heavy atom. The number of rotatable bonds is 11. The lowest BCUT2D eigenvalue weighted by atomic mass is 10.2. The standard InChI is InChI=1S/C21H26N4O2S2/c1-3-4-5-8-13-22-19(26)15-29-21-24-23-20(18-12-9-14-28-18)25(21)16-10-6-7-11-17(16)27-2/h6-7,9-12,14H,3-5,8,13,15H2,1-2H3,(H,22,26). The molecule has 0 aliphatic carbocycles. The van der Waals surface area contributed by atoms with Gasteiger partial charge in [-0.1, -0.05) is 56.1 Å². The van der Waals surface area contributed by atoms with Crippen LogP contribution in [0.25, 0.3) is 16.4 Å². The van der Waals surface area contributed by atoms with Gasteiger partial charge in [-0.2, -0.15) is 0 Å². The Morgan fingerprint density at radius 3 is 2.79 bits per heavy atom. The summed E-state index contributed by atoms with van der Waals surface area (Å²) in [5, 5.41) is 14.4. The molecule has 2 aromatic heterocycles. The minimum Gasteiger partial charge on any atom is -0.495 e. The summed E-state index contributed by atoms with van der Waals surface area (Å²) in [6.07, 6.45) is 4.56. The lowest BCUT2D eigenvalue weighted by Crippen LogP contribution is -2.26. The Bertz CT molecular complexity index is 909. The van der Waals surface area contributed by atoms with Crippen LogP contribution in [0.5, 0.6) is 5.75 Å². The maximum absolute atomic E-state index is 12.2. The summed E-state index contributed by atoms with van der Waals surface area (Å²) in [5.74, 6) is 1.78. The number of unbranched alkanes of at least 4 members (excludes halogenated alkanes) is 3. The van der Waals surface area contributed by atoms with Crippen molar-refractivity contribution < 1.29 is 9.53 Å². The number of para-hydroxylation sites is 2. The van der Waals surface area contributed by atoms with E-state index >= 15 is 0 Å². The summed E-state index contributed by atoms with van der Waals surface area (Å²) in [5.41, 5.74) is 0.853. The molecule has 0 aliphatic rings. The molecular formula is C21H26N4O2S2. The van der Waals surface area contributed by atoms with Crippen LogP contribution in [0, 0.1) is 0 Å². The molecule has 0 spiro atoms. The zero-order chi connectivity index (χ0) is 20.5. The molecule has 6 nitrogen and oxygen atoms in total. The van der Waals surface area contributed by atoms with Gasteiger partial charge in [-0.3, -0.25) is 9.36 Å². The van der Waals surface area contributed by atoms with E-state index in [1.807, 2.05) is 46.3 Å². The van der Waals surface area contributed by atoms with Crippen molar-refractivity contribution in [1.82, 2.24) is 20.1 Å². The molecule has 8 heteroatoms. The zero-order valence-electron chi connectivity index (χ0n) is 16.8. The molecule has 1 aromatic carbocycles. The molecule has 1 amide bonds. The van der Waals surface area contributed by atoms with Crippen LogP contribution in [-0.4, -0.2) is 40.1 Å². The van der Waals surface area contributed by atoms with Crippen molar-refractivity contribution in [2.24, 2.45) is 0 Å². The van der Waals surface area contributed by atoms with Crippen LogP contribution in [-0.2, 0) is 4.79 Å². The minimum absolute atomic E-state index is 0.0127. The first-order chi connectivity index (χ1) is 14.2. The molecule has 0 unspecified atom stereocenters. The van der Waals surface area contributed by atoms with E-state index in [-0.39, 0.29) is 5.91 Å². The predicted octanol–water partition coefficient (Wildman–Crippen LogP) is 4.79. The second kappa shape index (κ2) is 11.0. The topological polar surface area (TPSA) is 69.0 Å². The number of thiophene rings is 1. The van der Waals surface area contributed by atoms with E-state index < -0.39 is 0 Å². The highest BCUT2D eigenvalue weighted by atomic mass is 32.2. The molecule has 0 radical (unpaired) electrons. The zero-order valence-corrected chi connectivity index (χ0v) is 18.4. The first-order valence-corrected chi connectivity index (χ1v) is 11.6. The molecule has 0 aliphatic heterocycles. The fourth-order valence-corrected chi connectivity index (χ4v) is 4.39. The van der Waals surface area contributed by atoms with Crippen molar-refractivity contribution in [1.29, 1.82) is 0 Å². The van der Waals surface area contributed by atoms with Crippen LogP contribution in [0.15, 0.2) is 46.9 Å². The Labute approximate surface area is 179 Å². The molecule has 1 N–H and O–H groups in total. The Kier molecular flexibility index (Phi) is 8.13. The van der Waals surface area contributed by atoms with Crippen LogP contribution < -0.4 is 10.1 Å². The third-order valence-electron chi connectivity index (χ3n) is 4.39. The summed E-state index contributed by atoms with van der Waals surface area (Å²) in [6.45, 7) is 2.90. The number of ether oxygens (including phenoxy) is 1. The minimum atomic E-state index is 0.0127. The average Bonchev–Trinajstić information content (AvgIpc) is 3.41. The number of aromatic nitrogens is 3. The summed E-state index contributed by atoms with van der Waals surface area (Å²) >= 11 is 2.98. The Balaban J connectivity index is 1.76. The number of nitrogens with one attached hydrogen (secondary N) is 1. The lowest BCUT2D eigenvalue weighted by Gasteiger charge is -2.13. The van der Waals surface area contributed by atoms with Gasteiger partial charge >= 0.3 is 0 Å². The molecule has 2 heterocycles. The molecule has 3 aromatic rings. The maximum Gasteiger partial charge on any atom is 0.230 e. The summed E-state index contributed by atoms with van der Waals surface area (Å²) in [7, 11) is 1.65. The van der Waals surface area contributed by atoms with Crippen molar-refractivity contribution in [2.75, 3.05) is 19.4 Å². The third kappa shape index (κ3) is 5.61. The van der Waals surface area contributed by atoms with Gasteiger partial charge in [-0.05, 0) is 30.0 Å². The van der Waals surface area contributed by atoms with Crippen LogP contribution >= 0.6 is 23.1 Å². The maximum atomic E-state index is 12.2. The van der Waals surface area contributed by atoms with E-state index in [1.165, 1.54) is 24.6 Å². The second-order valence-electron chi connectivity index (χ2n) is 6.49. The van der Waals surface area contributed by atoms with Crippen molar-refractivity contribution >= 4 is 29.0 Å². The van der Waals surface area contributed by atoms with E-state index in [0.29, 0.717) is 10.9 Å². The number of nitrogens with zero attached hydrogens (tertiary/aromatic N) is 3. The van der Waals surface area contributed by atoms with Crippen LogP contribution in [0.3, 0.4) is 0 Å². The number of hydrogen-bond acceptors (Lipinski definition) is 6. The number of methoxy groups -OCH3 is 1. The second-order valence-corrected chi connectivity index (χ2v) is 8.38. The highest BCUT2D eigenvalue weighted by molar-refractivity contribution is 7.99. The average molecular weight is 431 g/mol. The van der Waals surface area contributed by atoms with Gasteiger partial charge in [0.1, 0.15) is 5.75 Å². The number of amides is 1. The largest absolute Gasteiger partial charge is 0.495 e. The van der Waals surface area contributed by atoms with Gasteiger partial charge in [-0.15, -0.1) is 21.5 Å². The molecule has 3 rings (SSSR count). The van der Waals surface area contributed by atoms with Crippen LogP contribution in [0.2, 0.25) is 0 Å². The first-order valence-electron chi connectivity index (χ1n) is 9.76. The molecular weight excluding hydrogens is 404 g/mol. The van der Waals surface area contributed by atoms with E-state index in [0.717, 1.165) is 41.5 Å². The van der Waals surface area contributed by atoms with E-state index in [1.54, 1.807) is 18.4 Å². The van der Waals surface area contributed by atoms with Crippen molar-refractivity contribution in [3.05, 3.63) is 41.8 Å². The highest BCUT2D eigenvalue weighted by Crippen LogP contribution is 2.33. The van der Waals surface area contributed by atoms with Gasteiger partial charge in [0, 0.05) is 6.54 Å². The summed E-state index contributed by atoms with van der Waals surface area (Å²) in [4.78, 5) is 13.3. The Hall–Kier alpha value is -2.32. The molecule has 0 atom stereocenters. The first kappa shape index (κ1) is 21.4. The molecule has 0 bridgehead atoms. The van der Waals surface area contributed by atoms with Crippen LogP contribution in [0.1, 0.15) is 32.6 Å². The number of carbonyl (C=O) groups is 1. The molecule has 29 heavy (non-hydrogen) atoms. The van der Waals surface area contributed by atoms with E-state index in [9.17, 15) is 4.79 Å². The summed E-state index contributed by atoms with van der Waals surface area (Å²) in [6, 6.07) is 11.8. The van der Waals surface area contributed by atoms with Crippen molar-refractivity contribution in [3.63, 3.8) is 0 Å². The van der Waals surface area contributed by atoms with E-state index in [2.05, 4.69) is 22.4 Å². The molecule has 0 saturated carbocycles. The normalized spacial score (nSPS) is 10.8. The van der Waals surface area contributed by atoms with Gasteiger partial charge in [0.2, 0.25) is 5.91 Å². The summed E-state index contributed by atoms with van der Waals surface area (Å²) < 4.78 is 7.51. The SMILES string of the molecule is CCCCCCNC(=O)CSc1nnc(-c2cccs2)n1-c1ccccc1OC. The van der Waals surface area contributed by atoms with Crippen molar-refractivity contribution in [2.45, 2.75) is 37.8 Å². The monoisotopic (exact) mass is 430 g/mol. The van der Waals surface area contributed by atoms with Gasteiger partial charge in [0.25, 0.3) is 0 Å². The fraction of sp³-hybridized carbons (Fsp3) is 0.381. The van der Waals surface area contributed by atoms with Crippen molar-refractivity contribution in [3.8, 4) is 22.1 Å². The molecule has 154 valence electrons. The third-order valence-corrected chi connectivity index (χ3v) is 6.18. The predicted molar refractivity (Wildman–Crippen MR) is 119 cm³/mol. The fourth-order valence-electron chi connectivity index (χ4n) is 2.92. The smallest absolute Gasteiger partial charge is 0.230 e. The quantitative estimate of drug-likeness (QED) is 0.350. The number of carbonyl (C=O) groups excluding carboxylic acids is 1. The van der Waals surface area contributed by atoms with Gasteiger partial charge < -0.3 is 10.1 Å². The number of benzene rings is 1.